The molecule has 1 saturated heterocycles. The molecule has 1 aromatic carbocycles. The van der Waals surface area contributed by atoms with Gasteiger partial charge in [-0.1, -0.05) is 6.07 Å². The van der Waals surface area contributed by atoms with Crippen LogP contribution < -0.4 is 10.1 Å². The molecule has 1 fully saturated rings. The first-order valence-electron chi connectivity index (χ1n) is 7.46. The van der Waals surface area contributed by atoms with E-state index >= 15 is 0 Å². The van der Waals surface area contributed by atoms with Crippen LogP contribution in [0.3, 0.4) is 0 Å². The maximum absolute atomic E-state index is 12.7. The number of rotatable bonds is 3. The van der Waals surface area contributed by atoms with Gasteiger partial charge in [-0.3, -0.25) is 19.3 Å². The second-order valence-corrected chi connectivity index (χ2v) is 5.77. The largest absolute Gasteiger partial charge is 0.490 e. The fraction of sp³-hybridized carbons (Fsp3) is 0.438. The minimum absolute atomic E-state index is 0.110. The molecule has 1 unspecified atom stereocenters. The number of carbonyl (C=O) groups is 3. The Morgan fingerprint density at radius 3 is 2.68 bits per heavy atom. The first kappa shape index (κ1) is 14.6. The molecule has 2 aliphatic heterocycles. The number of piperidine rings is 1. The van der Waals surface area contributed by atoms with Crippen LogP contribution in [0.4, 0.5) is 0 Å². The summed E-state index contributed by atoms with van der Waals surface area (Å²) in [5.74, 6) is -0.744. The molecule has 0 radical (unpaired) electrons. The molecular weight excluding hydrogens is 284 g/mol. The van der Waals surface area contributed by atoms with E-state index in [1.165, 1.54) is 0 Å². The molecule has 1 atom stereocenters. The summed E-state index contributed by atoms with van der Waals surface area (Å²) in [6, 6.07) is 4.23. The standard InChI is InChI=1S/C16H18N2O4/c1-9(2)22-12-7-3-5-10-13(12)16(21)18(15(10)20)11-6-4-8-17-14(11)19/h3,5,7,9,11H,4,6,8H2,1-2H3,(H,17,19). The molecule has 3 rings (SSSR count). The molecule has 3 amide bonds. The summed E-state index contributed by atoms with van der Waals surface area (Å²) in [4.78, 5) is 38.3. The van der Waals surface area contributed by atoms with E-state index in [-0.39, 0.29) is 17.6 Å². The second-order valence-electron chi connectivity index (χ2n) is 5.77. The quantitative estimate of drug-likeness (QED) is 0.855. The second kappa shape index (κ2) is 5.44. The van der Waals surface area contributed by atoms with Crippen molar-refractivity contribution in [3.8, 4) is 5.75 Å². The summed E-state index contributed by atoms with van der Waals surface area (Å²) in [6.07, 6.45) is 1.14. The molecule has 116 valence electrons. The van der Waals surface area contributed by atoms with Gasteiger partial charge in [-0.25, -0.2) is 0 Å². The Morgan fingerprint density at radius 1 is 1.23 bits per heavy atom. The van der Waals surface area contributed by atoms with E-state index in [0.29, 0.717) is 24.3 Å². The fourth-order valence-electron chi connectivity index (χ4n) is 2.91. The van der Waals surface area contributed by atoms with Gasteiger partial charge in [-0.2, -0.15) is 0 Å². The van der Waals surface area contributed by atoms with E-state index in [2.05, 4.69) is 5.32 Å². The number of carbonyl (C=O) groups excluding carboxylic acids is 3. The van der Waals surface area contributed by atoms with E-state index in [0.717, 1.165) is 11.3 Å². The van der Waals surface area contributed by atoms with Crippen LogP contribution in [0.15, 0.2) is 18.2 Å². The summed E-state index contributed by atoms with van der Waals surface area (Å²) in [7, 11) is 0. The normalized spacial score (nSPS) is 21.1. The molecule has 6 heteroatoms. The van der Waals surface area contributed by atoms with Gasteiger partial charge >= 0.3 is 0 Å². The van der Waals surface area contributed by atoms with E-state index in [4.69, 9.17) is 4.74 Å². The van der Waals surface area contributed by atoms with Gasteiger partial charge in [-0.15, -0.1) is 0 Å². The van der Waals surface area contributed by atoms with Crippen LogP contribution in [-0.4, -0.2) is 41.3 Å². The van der Waals surface area contributed by atoms with E-state index in [1.807, 2.05) is 13.8 Å². The minimum atomic E-state index is -0.729. The third-order valence-electron chi connectivity index (χ3n) is 3.84. The van der Waals surface area contributed by atoms with E-state index < -0.39 is 17.9 Å². The third-order valence-corrected chi connectivity index (χ3v) is 3.84. The molecule has 1 aromatic rings. The van der Waals surface area contributed by atoms with E-state index in [1.54, 1.807) is 18.2 Å². The fourth-order valence-corrected chi connectivity index (χ4v) is 2.91. The Hall–Kier alpha value is -2.37. The molecule has 22 heavy (non-hydrogen) atoms. The van der Waals surface area contributed by atoms with Crippen molar-refractivity contribution >= 4 is 17.7 Å². The average molecular weight is 302 g/mol. The lowest BCUT2D eigenvalue weighted by atomic mass is 10.1. The minimum Gasteiger partial charge on any atom is -0.490 e. The van der Waals surface area contributed by atoms with Crippen LogP contribution in [-0.2, 0) is 4.79 Å². The highest BCUT2D eigenvalue weighted by Crippen LogP contribution is 2.33. The van der Waals surface area contributed by atoms with Crippen LogP contribution >= 0.6 is 0 Å². The molecule has 2 heterocycles. The summed E-state index contributed by atoms with van der Waals surface area (Å²) < 4.78 is 5.64. The third kappa shape index (κ3) is 2.24. The Balaban J connectivity index is 1.99. The molecule has 6 nitrogen and oxygen atoms in total. The number of imide groups is 1. The summed E-state index contributed by atoms with van der Waals surface area (Å²) in [5, 5.41) is 2.71. The number of hydrogen-bond acceptors (Lipinski definition) is 4. The van der Waals surface area contributed by atoms with Gasteiger partial charge in [0.25, 0.3) is 11.8 Å². The zero-order valence-electron chi connectivity index (χ0n) is 12.6. The van der Waals surface area contributed by atoms with Crippen LogP contribution in [0, 0.1) is 0 Å². The molecule has 2 aliphatic rings. The van der Waals surface area contributed by atoms with Gasteiger partial charge in [0, 0.05) is 6.54 Å². The highest BCUT2D eigenvalue weighted by Gasteiger charge is 2.45. The van der Waals surface area contributed by atoms with Gasteiger partial charge < -0.3 is 10.1 Å². The summed E-state index contributed by atoms with van der Waals surface area (Å²) in [6.45, 7) is 4.29. The van der Waals surface area contributed by atoms with Gasteiger partial charge in [0.2, 0.25) is 5.91 Å². The number of fused-ring (bicyclic) bond motifs is 1. The van der Waals surface area contributed by atoms with Crippen molar-refractivity contribution < 1.29 is 19.1 Å². The van der Waals surface area contributed by atoms with Crippen molar-refractivity contribution in [3.05, 3.63) is 29.3 Å². The summed E-state index contributed by atoms with van der Waals surface area (Å²) in [5.41, 5.74) is 0.570. The van der Waals surface area contributed by atoms with Crippen LogP contribution in [0.25, 0.3) is 0 Å². The molecule has 0 saturated carbocycles. The van der Waals surface area contributed by atoms with Gasteiger partial charge in [0.15, 0.2) is 0 Å². The lowest BCUT2D eigenvalue weighted by Gasteiger charge is -2.28. The van der Waals surface area contributed by atoms with Crippen LogP contribution in [0.5, 0.6) is 5.75 Å². The topological polar surface area (TPSA) is 75.7 Å². The number of nitrogens with zero attached hydrogens (tertiary/aromatic N) is 1. The highest BCUT2D eigenvalue weighted by molar-refractivity contribution is 6.24. The first-order valence-corrected chi connectivity index (χ1v) is 7.46. The van der Waals surface area contributed by atoms with E-state index in [9.17, 15) is 14.4 Å². The lowest BCUT2D eigenvalue weighted by molar-refractivity contribution is -0.126. The Bertz CT molecular complexity index is 654. The lowest BCUT2D eigenvalue weighted by Crippen LogP contribution is -2.52. The zero-order valence-corrected chi connectivity index (χ0v) is 12.6. The molecule has 0 spiro atoms. The smallest absolute Gasteiger partial charge is 0.266 e. The van der Waals surface area contributed by atoms with Crippen molar-refractivity contribution in [1.82, 2.24) is 10.2 Å². The maximum atomic E-state index is 12.7. The predicted octanol–water partition coefficient (Wildman–Crippen LogP) is 1.35. The number of benzene rings is 1. The van der Waals surface area contributed by atoms with Crippen molar-refractivity contribution in [2.45, 2.75) is 38.8 Å². The number of nitrogens with one attached hydrogen (secondary N) is 1. The van der Waals surface area contributed by atoms with Gasteiger partial charge in [-0.05, 0) is 38.8 Å². The number of ether oxygens (including phenoxy) is 1. The van der Waals surface area contributed by atoms with Crippen molar-refractivity contribution in [1.29, 1.82) is 0 Å². The molecular formula is C16H18N2O4. The molecule has 1 N–H and O–H groups in total. The molecule has 0 aromatic heterocycles. The van der Waals surface area contributed by atoms with Crippen molar-refractivity contribution in [3.63, 3.8) is 0 Å². The van der Waals surface area contributed by atoms with Crippen molar-refractivity contribution in [2.24, 2.45) is 0 Å². The maximum Gasteiger partial charge on any atom is 0.266 e. The Kier molecular flexibility index (Phi) is 3.60. The van der Waals surface area contributed by atoms with Gasteiger partial charge in [0.1, 0.15) is 11.8 Å². The highest BCUT2D eigenvalue weighted by atomic mass is 16.5. The van der Waals surface area contributed by atoms with Gasteiger partial charge in [0.05, 0.1) is 17.2 Å². The monoisotopic (exact) mass is 302 g/mol. The number of hydrogen-bond donors (Lipinski definition) is 1. The molecule has 0 bridgehead atoms. The molecule has 0 aliphatic carbocycles. The summed E-state index contributed by atoms with van der Waals surface area (Å²) >= 11 is 0. The Morgan fingerprint density at radius 2 is 2.00 bits per heavy atom. The van der Waals surface area contributed by atoms with Crippen LogP contribution in [0.2, 0.25) is 0 Å². The van der Waals surface area contributed by atoms with Crippen LogP contribution in [0.1, 0.15) is 47.4 Å². The first-order chi connectivity index (χ1) is 10.5. The zero-order chi connectivity index (χ0) is 15.9. The Labute approximate surface area is 128 Å². The number of amides is 3. The SMILES string of the molecule is CC(C)Oc1cccc2c1C(=O)N(C1CCCNC1=O)C2=O. The van der Waals surface area contributed by atoms with Crippen molar-refractivity contribution in [2.75, 3.05) is 6.54 Å². The predicted molar refractivity (Wildman–Crippen MR) is 78.7 cm³/mol. The average Bonchev–Trinajstić information content (AvgIpc) is 2.72.